The van der Waals surface area contributed by atoms with E-state index in [0.717, 1.165) is 24.3 Å². The first-order valence-electron chi connectivity index (χ1n) is 7.88. The summed E-state index contributed by atoms with van der Waals surface area (Å²) in [6.45, 7) is 5.83. The second-order valence-corrected chi connectivity index (χ2v) is 6.95. The summed E-state index contributed by atoms with van der Waals surface area (Å²) in [5.41, 5.74) is 6.74. The third kappa shape index (κ3) is 2.86. The molecule has 0 aromatic carbocycles. The van der Waals surface area contributed by atoms with Gasteiger partial charge in [0.1, 0.15) is 0 Å². The van der Waals surface area contributed by atoms with Crippen molar-refractivity contribution in [2.75, 3.05) is 6.54 Å². The zero-order chi connectivity index (χ0) is 12.3. The highest BCUT2D eigenvalue weighted by atomic mass is 14.6. The predicted octanol–water partition coefficient (Wildman–Crippen LogP) is 4.36. The predicted molar refractivity (Wildman–Crippen MR) is 74.9 cm³/mol. The van der Waals surface area contributed by atoms with E-state index in [1.165, 1.54) is 57.8 Å². The van der Waals surface area contributed by atoms with Crippen LogP contribution < -0.4 is 5.73 Å². The lowest BCUT2D eigenvalue weighted by Gasteiger charge is -2.45. The van der Waals surface area contributed by atoms with Gasteiger partial charge in [0.25, 0.3) is 0 Å². The Labute approximate surface area is 108 Å². The molecule has 0 bridgehead atoms. The van der Waals surface area contributed by atoms with Gasteiger partial charge in [0.15, 0.2) is 0 Å². The van der Waals surface area contributed by atoms with Crippen LogP contribution in [0.4, 0.5) is 0 Å². The summed E-state index contributed by atoms with van der Waals surface area (Å²) in [4.78, 5) is 0. The number of rotatable bonds is 2. The van der Waals surface area contributed by atoms with Crippen LogP contribution in [0.15, 0.2) is 0 Å². The molecule has 3 unspecified atom stereocenters. The van der Waals surface area contributed by atoms with Crippen molar-refractivity contribution in [2.45, 2.75) is 71.6 Å². The minimum absolute atomic E-state index is 0.519. The molecular formula is C16H31N. The second kappa shape index (κ2) is 5.73. The average Bonchev–Trinajstić information content (AvgIpc) is 2.59. The lowest BCUT2D eigenvalue weighted by molar-refractivity contribution is 0.0636. The van der Waals surface area contributed by atoms with Crippen LogP contribution in [-0.2, 0) is 0 Å². The van der Waals surface area contributed by atoms with Crippen LogP contribution in [-0.4, -0.2) is 6.54 Å². The smallest absolute Gasteiger partial charge is 0.00179 e. The summed E-state index contributed by atoms with van der Waals surface area (Å²) in [6, 6.07) is 0. The highest BCUT2D eigenvalue weighted by Gasteiger charge is 2.40. The molecule has 2 fully saturated rings. The maximum Gasteiger partial charge on any atom is -0.00179 e. The first-order valence-corrected chi connectivity index (χ1v) is 7.88. The van der Waals surface area contributed by atoms with E-state index >= 15 is 0 Å². The van der Waals surface area contributed by atoms with E-state index < -0.39 is 0 Å². The van der Waals surface area contributed by atoms with Crippen LogP contribution in [0.25, 0.3) is 0 Å². The molecule has 0 amide bonds. The molecule has 2 saturated carbocycles. The van der Waals surface area contributed by atoms with E-state index in [2.05, 4.69) is 13.8 Å². The van der Waals surface area contributed by atoms with Crippen LogP contribution in [0.3, 0.4) is 0 Å². The van der Waals surface area contributed by atoms with Crippen molar-refractivity contribution in [3.63, 3.8) is 0 Å². The SMILES string of the molecule is CC1CCC(C2(CN)CCCCCC2)CC1C. The van der Waals surface area contributed by atoms with Gasteiger partial charge in [-0.2, -0.15) is 0 Å². The van der Waals surface area contributed by atoms with Crippen molar-refractivity contribution in [1.29, 1.82) is 0 Å². The van der Waals surface area contributed by atoms with Crippen molar-refractivity contribution in [2.24, 2.45) is 28.9 Å². The zero-order valence-electron chi connectivity index (χ0n) is 11.9. The molecule has 17 heavy (non-hydrogen) atoms. The van der Waals surface area contributed by atoms with Gasteiger partial charge < -0.3 is 5.73 Å². The lowest BCUT2D eigenvalue weighted by Crippen LogP contribution is -2.41. The van der Waals surface area contributed by atoms with Crippen LogP contribution in [0, 0.1) is 23.2 Å². The Balaban J connectivity index is 2.05. The Morgan fingerprint density at radius 1 is 0.941 bits per heavy atom. The Hall–Kier alpha value is -0.0400. The van der Waals surface area contributed by atoms with Crippen molar-refractivity contribution in [3.05, 3.63) is 0 Å². The molecule has 2 rings (SSSR count). The standard InChI is InChI=1S/C16H31N/c1-13-7-8-15(11-14(13)2)16(12-17)9-5-3-4-6-10-16/h13-15H,3-12,17H2,1-2H3. The van der Waals surface area contributed by atoms with E-state index in [-0.39, 0.29) is 0 Å². The Kier molecular flexibility index (Phi) is 4.52. The van der Waals surface area contributed by atoms with E-state index in [1.54, 1.807) is 0 Å². The van der Waals surface area contributed by atoms with Crippen LogP contribution >= 0.6 is 0 Å². The van der Waals surface area contributed by atoms with Gasteiger partial charge in [0.05, 0.1) is 0 Å². The summed E-state index contributed by atoms with van der Waals surface area (Å²) in [5.74, 6) is 2.78. The second-order valence-electron chi connectivity index (χ2n) is 6.95. The molecule has 1 heteroatoms. The molecule has 0 radical (unpaired) electrons. The van der Waals surface area contributed by atoms with Gasteiger partial charge in [-0.1, -0.05) is 46.0 Å². The molecule has 0 aliphatic heterocycles. The van der Waals surface area contributed by atoms with Gasteiger partial charge in [0.2, 0.25) is 0 Å². The molecule has 0 heterocycles. The monoisotopic (exact) mass is 237 g/mol. The number of hydrogen-bond donors (Lipinski definition) is 1. The van der Waals surface area contributed by atoms with Gasteiger partial charge >= 0.3 is 0 Å². The summed E-state index contributed by atoms with van der Waals surface area (Å²) in [6.07, 6.45) is 12.9. The van der Waals surface area contributed by atoms with Crippen molar-refractivity contribution >= 4 is 0 Å². The summed E-state index contributed by atoms with van der Waals surface area (Å²) >= 11 is 0. The first kappa shape index (κ1) is 13.4. The van der Waals surface area contributed by atoms with Gasteiger partial charge in [-0.25, -0.2) is 0 Å². The fourth-order valence-electron chi connectivity index (χ4n) is 4.32. The van der Waals surface area contributed by atoms with Gasteiger partial charge in [0, 0.05) is 0 Å². The lowest BCUT2D eigenvalue weighted by atomic mass is 9.61. The number of nitrogens with two attached hydrogens (primary N) is 1. The maximum atomic E-state index is 6.22. The fraction of sp³-hybridized carbons (Fsp3) is 1.00. The van der Waals surface area contributed by atoms with Gasteiger partial charge in [-0.15, -0.1) is 0 Å². The highest BCUT2D eigenvalue weighted by Crippen LogP contribution is 2.49. The van der Waals surface area contributed by atoms with Gasteiger partial charge in [-0.05, 0) is 55.4 Å². The largest absolute Gasteiger partial charge is 0.330 e. The van der Waals surface area contributed by atoms with Crippen LogP contribution in [0.5, 0.6) is 0 Å². The molecule has 3 atom stereocenters. The van der Waals surface area contributed by atoms with E-state index in [1.807, 2.05) is 0 Å². The third-order valence-corrected chi connectivity index (χ3v) is 5.97. The molecule has 0 aromatic heterocycles. The zero-order valence-corrected chi connectivity index (χ0v) is 11.9. The quantitative estimate of drug-likeness (QED) is 0.710. The molecule has 1 nitrogen and oxygen atoms in total. The topological polar surface area (TPSA) is 26.0 Å². The maximum absolute atomic E-state index is 6.22. The van der Waals surface area contributed by atoms with E-state index in [9.17, 15) is 0 Å². The summed E-state index contributed by atoms with van der Waals surface area (Å²) in [5, 5.41) is 0. The average molecular weight is 237 g/mol. The molecule has 2 aliphatic carbocycles. The molecular weight excluding hydrogens is 206 g/mol. The van der Waals surface area contributed by atoms with E-state index in [0.29, 0.717) is 5.41 Å². The van der Waals surface area contributed by atoms with Crippen molar-refractivity contribution in [3.8, 4) is 0 Å². The number of hydrogen-bond acceptors (Lipinski definition) is 1. The normalized spacial score (nSPS) is 38.6. The van der Waals surface area contributed by atoms with Crippen LogP contribution in [0.2, 0.25) is 0 Å². The molecule has 0 aromatic rings. The Morgan fingerprint density at radius 3 is 2.12 bits per heavy atom. The van der Waals surface area contributed by atoms with Crippen LogP contribution in [0.1, 0.15) is 71.6 Å². The van der Waals surface area contributed by atoms with Crippen molar-refractivity contribution < 1.29 is 0 Å². The minimum Gasteiger partial charge on any atom is -0.330 e. The molecule has 2 aliphatic rings. The van der Waals surface area contributed by atoms with Crippen molar-refractivity contribution in [1.82, 2.24) is 0 Å². The van der Waals surface area contributed by atoms with E-state index in [4.69, 9.17) is 5.73 Å². The fourth-order valence-corrected chi connectivity index (χ4v) is 4.32. The Morgan fingerprint density at radius 2 is 1.59 bits per heavy atom. The summed E-state index contributed by atoms with van der Waals surface area (Å²) in [7, 11) is 0. The molecule has 0 spiro atoms. The minimum atomic E-state index is 0.519. The van der Waals surface area contributed by atoms with Gasteiger partial charge in [-0.3, -0.25) is 0 Å². The molecule has 2 N–H and O–H groups in total. The molecule has 0 saturated heterocycles. The summed E-state index contributed by atoms with van der Waals surface area (Å²) < 4.78 is 0. The highest BCUT2D eigenvalue weighted by molar-refractivity contribution is 4.92. The first-order chi connectivity index (χ1) is 8.18. The third-order valence-electron chi connectivity index (χ3n) is 5.97. The molecule has 100 valence electrons. The Bertz CT molecular complexity index is 228.